The number of rotatable bonds is 0. The molecule has 0 bridgehead atoms. The fourth-order valence-corrected chi connectivity index (χ4v) is 2.67. The minimum Gasteiger partial charge on any atom is -0.287 e. The minimum absolute atomic E-state index is 0.779. The third kappa shape index (κ3) is 1.02. The molecule has 2 nitrogen and oxygen atoms in total. The highest BCUT2D eigenvalue weighted by molar-refractivity contribution is 6.13. The van der Waals surface area contributed by atoms with Crippen LogP contribution in [0.3, 0.4) is 0 Å². The van der Waals surface area contributed by atoms with E-state index in [1.54, 1.807) is 0 Å². The molecule has 80 valence electrons. The Labute approximate surface area is 98.2 Å². The Kier molecular flexibility index (Phi) is 1.47. The average Bonchev–Trinajstić information content (AvgIpc) is 2.37. The molecule has 0 saturated heterocycles. The number of pyridine rings is 2. The van der Waals surface area contributed by atoms with Crippen LogP contribution in [0.2, 0.25) is 0 Å². The van der Waals surface area contributed by atoms with E-state index in [9.17, 15) is 0 Å². The van der Waals surface area contributed by atoms with Gasteiger partial charge in [-0.2, -0.15) is 4.40 Å². The number of benzene rings is 2. The second-order valence-electron chi connectivity index (χ2n) is 4.40. The van der Waals surface area contributed by atoms with Crippen molar-refractivity contribution in [1.29, 1.82) is 0 Å². The molecule has 2 heteroatoms. The van der Waals surface area contributed by atoms with Crippen LogP contribution >= 0.6 is 0 Å². The van der Waals surface area contributed by atoms with Crippen molar-refractivity contribution >= 4 is 32.9 Å². The molecule has 17 heavy (non-hydrogen) atoms. The number of nitrogens with zero attached hydrogens (tertiary/aromatic N) is 1. The standard InChI is InChI=1S/C15H10N2/c16-13-9-12-4-1-3-10-6-7-11-5-2-8-17(13)15(11)14(10)12/h1-9,16H/p+1. The summed E-state index contributed by atoms with van der Waals surface area (Å²) in [4.78, 5) is 0. The zero-order valence-corrected chi connectivity index (χ0v) is 9.22. The van der Waals surface area contributed by atoms with E-state index in [4.69, 9.17) is 5.73 Å². The molecule has 2 aromatic carbocycles. The molecule has 4 aromatic rings. The maximum Gasteiger partial charge on any atom is 0.278 e. The van der Waals surface area contributed by atoms with E-state index in [-0.39, 0.29) is 0 Å². The fraction of sp³-hybridized carbons (Fsp3) is 0. The molecule has 0 amide bonds. The number of anilines is 1. The summed E-state index contributed by atoms with van der Waals surface area (Å²) in [6, 6.07) is 16.8. The zero-order chi connectivity index (χ0) is 11.4. The molecular formula is C15H11N2+. The van der Waals surface area contributed by atoms with E-state index in [1.807, 2.05) is 18.3 Å². The quantitative estimate of drug-likeness (QED) is 0.358. The molecule has 0 spiro atoms. The van der Waals surface area contributed by atoms with Crippen LogP contribution in [0.5, 0.6) is 0 Å². The van der Waals surface area contributed by atoms with Gasteiger partial charge >= 0.3 is 0 Å². The lowest BCUT2D eigenvalue weighted by Gasteiger charge is -2.08. The topological polar surface area (TPSA) is 30.1 Å². The minimum atomic E-state index is 0.779. The maximum atomic E-state index is 6.10. The van der Waals surface area contributed by atoms with Crippen LogP contribution in [-0.4, -0.2) is 0 Å². The molecule has 0 unspecified atom stereocenters. The predicted octanol–water partition coefficient (Wildman–Crippen LogP) is 2.75. The molecule has 2 heterocycles. The second kappa shape index (κ2) is 2.86. The fourth-order valence-electron chi connectivity index (χ4n) is 2.67. The van der Waals surface area contributed by atoms with Crippen molar-refractivity contribution in [2.45, 2.75) is 0 Å². The van der Waals surface area contributed by atoms with Gasteiger partial charge in [0.25, 0.3) is 5.82 Å². The van der Waals surface area contributed by atoms with Crippen LogP contribution in [0.1, 0.15) is 0 Å². The van der Waals surface area contributed by atoms with E-state index < -0.39 is 0 Å². The van der Waals surface area contributed by atoms with Crippen molar-refractivity contribution in [1.82, 2.24) is 0 Å². The zero-order valence-electron chi connectivity index (χ0n) is 9.22. The summed E-state index contributed by atoms with van der Waals surface area (Å²) in [5.74, 6) is 0.779. The van der Waals surface area contributed by atoms with Gasteiger partial charge in [-0.15, -0.1) is 0 Å². The average molecular weight is 219 g/mol. The molecule has 0 atom stereocenters. The summed E-state index contributed by atoms with van der Waals surface area (Å²) in [6.45, 7) is 0. The van der Waals surface area contributed by atoms with Crippen molar-refractivity contribution in [2.75, 3.05) is 5.73 Å². The lowest BCUT2D eigenvalue weighted by Crippen LogP contribution is -2.26. The number of nitrogens with two attached hydrogens (primary N) is 1. The summed E-state index contributed by atoms with van der Waals surface area (Å²) < 4.78 is 2.06. The number of aromatic nitrogens is 1. The smallest absolute Gasteiger partial charge is 0.278 e. The molecule has 0 radical (unpaired) electrons. The first-order valence-electron chi connectivity index (χ1n) is 5.68. The number of hydrogen-bond donors (Lipinski definition) is 1. The predicted molar refractivity (Wildman–Crippen MR) is 70.2 cm³/mol. The van der Waals surface area contributed by atoms with E-state index >= 15 is 0 Å². The summed E-state index contributed by atoms with van der Waals surface area (Å²) in [7, 11) is 0. The lowest BCUT2D eigenvalue weighted by atomic mass is 10.0. The van der Waals surface area contributed by atoms with E-state index in [2.05, 4.69) is 40.8 Å². The van der Waals surface area contributed by atoms with Gasteiger partial charge in [-0.05, 0) is 22.9 Å². The van der Waals surface area contributed by atoms with E-state index in [0.717, 1.165) is 5.82 Å². The van der Waals surface area contributed by atoms with Gasteiger partial charge in [0.15, 0.2) is 0 Å². The van der Waals surface area contributed by atoms with Crippen LogP contribution in [0.4, 0.5) is 5.82 Å². The van der Waals surface area contributed by atoms with Crippen LogP contribution in [0.15, 0.2) is 54.7 Å². The van der Waals surface area contributed by atoms with Crippen LogP contribution in [0.25, 0.3) is 27.1 Å². The van der Waals surface area contributed by atoms with Crippen molar-refractivity contribution < 1.29 is 4.40 Å². The number of hydrogen-bond acceptors (Lipinski definition) is 1. The van der Waals surface area contributed by atoms with Crippen LogP contribution in [-0.2, 0) is 0 Å². The Morgan fingerprint density at radius 1 is 0.824 bits per heavy atom. The summed E-state index contributed by atoms with van der Waals surface area (Å²) in [5.41, 5.74) is 7.31. The third-order valence-corrected chi connectivity index (χ3v) is 3.41. The summed E-state index contributed by atoms with van der Waals surface area (Å²) in [5, 5.41) is 4.99. The van der Waals surface area contributed by atoms with Gasteiger partial charge in [0.05, 0.1) is 6.20 Å². The van der Waals surface area contributed by atoms with Crippen LogP contribution in [0, 0.1) is 0 Å². The van der Waals surface area contributed by atoms with Gasteiger partial charge < -0.3 is 0 Å². The molecular weight excluding hydrogens is 208 g/mol. The molecule has 0 saturated carbocycles. The first-order chi connectivity index (χ1) is 8.34. The summed E-state index contributed by atoms with van der Waals surface area (Å²) in [6.07, 6.45) is 2.02. The van der Waals surface area contributed by atoms with Crippen molar-refractivity contribution in [3.8, 4) is 0 Å². The number of nitrogen functional groups attached to an aromatic ring is 1. The molecule has 0 fully saturated rings. The van der Waals surface area contributed by atoms with Gasteiger partial charge in [0, 0.05) is 16.8 Å². The normalized spacial score (nSPS) is 11.8. The van der Waals surface area contributed by atoms with Crippen LogP contribution < -0.4 is 10.1 Å². The molecule has 0 aliphatic heterocycles. The highest BCUT2D eigenvalue weighted by atomic mass is 15.0. The van der Waals surface area contributed by atoms with E-state index in [0.29, 0.717) is 0 Å². The third-order valence-electron chi connectivity index (χ3n) is 3.41. The first-order valence-corrected chi connectivity index (χ1v) is 5.68. The molecule has 0 aliphatic rings. The monoisotopic (exact) mass is 219 g/mol. The molecule has 2 N–H and O–H groups in total. The molecule has 4 rings (SSSR count). The molecule has 0 aliphatic carbocycles. The SMILES string of the molecule is Nc1cc2cccc3ccc4ccc[n+]1c4c32. The van der Waals surface area contributed by atoms with Crippen molar-refractivity contribution in [2.24, 2.45) is 0 Å². The highest BCUT2D eigenvalue weighted by Gasteiger charge is 2.13. The Hall–Kier alpha value is -2.35. The first kappa shape index (κ1) is 8.76. The Bertz CT molecular complexity index is 849. The second-order valence-corrected chi connectivity index (χ2v) is 4.40. The highest BCUT2D eigenvalue weighted by Crippen LogP contribution is 2.28. The lowest BCUT2D eigenvalue weighted by molar-refractivity contribution is -0.493. The largest absolute Gasteiger partial charge is 0.287 e. The van der Waals surface area contributed by atoms with Gasteiger partial charge in [0.2, 0.25) is 0 Å². The Morgan fingerprint density at radius 3 is 2.53 bits per heavy atom. The summed E-state index contributed by atoms with van der Waals surface area (Å²) >= 11 is 0. The maximum absolute atomic E-state index is 6.10. The van der Waals surface area contributed by atoms with E-state index in [1.165, 1.54) is 27.1 Å². The van der Waals surface area contributed by atoms with Crippen molar-refractivity contribution in [3.05, 3.63) is 54.7 Å². The van der Waals surface area contributed by atoms with Gasteiger partial charge in [0.1, 0.15) is 5.52 Å². The van der Waals surface area contributed by atoms with Crippen molar-refractivity contribution in [3.63, 3.8) is 0 Å². The van der Waals surface area contributed by atoms with Gasteiger partial charge in [-0.1, -0.05) is 30.3 Å². The van der Waals surface area contributed by atoms with Gasteiger partial charge in [-0.25, -0.2) is 0 Å². The Balaban J connectivity index is 2.50. The Morgan fingerprint density at radius 2 is 1.59 bits per heavy atom. The molecule has 2 aromatic heterocycles. The van der Waals surface area contributed by atoms with Gasteiger partial charge in [-0.3, -0.25) is 5.73 Å².